The number of carbonyl (C=O) groups is 2. The Morgan fingerprint density at radius 2 is 1.81 bits per heavy atom. The Kier molecular flexibility index (Phi) is 4.67. The molecule has 1 saturated heterocycles. The Balaban J connectivity index is 1.97. The number of anilines is 1. The van der Waals surface area contributed by atoms with Gasteiger partial charge in [-0.3, -0.25) is 4.79 Å². The van der Waals surface area contributed by atoms with Gasteiger partial charge in [0.05, 0.1) is 13.0 Å². The van der Waals surface area contributed by atoms with Gasteiger partial charge >= 0.3 is 6.09 Å². The van der Waals surface area contributed by atoms with Gasteiger partial charge in [0.1, 0.15) is 0 Å². The molecule has 2 amide bonds. The van der Waals surface area contributed by atoms with Crippen LogP contribution < -0.4 is 5.73 Å². The number of methoxy groups -OCH3 is 1. The van der Waals surface area contributed by atoms with Crippen LogP contribution in [0.1, 0.15) is 18.4 Å². The summed E-state index contributed by atoms with van der Waals surface area (Å²) >= 11 is 0. The average Bonchev–Trinajstić information content (AvgIpc) is 2.53. The summed E-state index contributed by atoms with van der Waals surface area (Å²) in [6.07, 6.45) is -0.342. The van der Waals surface area contributed by atoms with Crippen molar-refractivity contribution in [2.45, 2.75) is 12.8 Å². The van der Waals surface area contributed by atoms with E-state index in [0.717, 1.165) is 5.56 Å². The maximum absolute atomic E-state index is 12.5. The molecule has 21 heavy (non-hydrogen) atoms. The third-order valence-corrected chi connectivity index (χ3v) is 3.81. The number of benzene rings is 1. The molecule has 0 spiro atoms. The number of rotatable bonds is 2. The minimum atomic E-state index is -0.342. The summed E-state index contributed by atoms with van der Waals surface area (Å²) < 4.78 is 4.69. The van der Waals surface area contributed by atoms with E-state index in [1.807, 2.05) is 25.1 Å². The van der Waals surface area contributed by atoms with Crippen LogP contribution in [0.3, 0.4) is 0 Å². The molecule has 2 rings (SSSR count). The molecule has 0 radical (unpaired) electrons. The smallest absolute Gasteiger partial charge is 0.409 e. The second-order valence-electron chi connectivity index (χ2n) is 5.17. The molecule has 1 aromatic carbocycles. The second-order valence-corrected chi connectivity index (χ2v) is 5.17. The molecule has 1 aromatic rings. The summed E-state index contributed by atoms with van der Waals surface area (Å²) in [4.78, 5) is 27.3. The molecule has 1 aliphatic heterocycles. The van der Waals surface area contributed by atoms with Crippen molar-refractivity contribution >= 4 is 17.7 Å². The molecule has 6 nitrogen and oxygen atoms in total. The summed E-state index contributed by atoms with van der Waals surface area (Å²) in [5.41, 5.74) is 7.33. The molecule has 1 atom stereocenters. The first-order valence-corrected chi connectivity index (χ1v) is 7.00. The summed E-state index contributed by atoms with van der Waals surface area (Å²) in [7, 11) is 1.36. The molecule has 1 fully saturated rings. The van der Waals surface area contributed by atoms with Gasteiger partial charge in [0.15, 0.2) is 0 Å². The number of nitrogens with two attached hydrogens (primary N) is 1. The number of piperazine rings is 1. The molecule has 114 valence electrons. The highest BCUT2D eigenvalue weighted by Crippen LogP contribution is 2.21. The molecule has 6 heteroatoms. The van der Waals surface area contributed by atoms with Crippen molar-refractivity contribution in [3.05, 3.63) is 29.8 Å². The maximum atomic E-state index is 12.5. The van der Waals surface area contributed by atoms with Gasteiger partial charge in [0.2, 0.25) is 5.91 Å². The van der Waals surface area contributed by atoms with Gasteiger partial charge in [-0.05, 0) is 24.6 Å². The number of ether oxygens (including phenoxy) is 1. The molecule has 0 aromatic heterocycles. The van der Waals surface area contributed by atoms with E-state index in [9.17, 15) is 9.59 Å². The number of nitrogen functional groups attached to an aromatic ring is 1. The lowest BCUT2D eigenvalue weighted by Crippen LogP contribution is -2.51. The highest BCUT2D eigenvalue weighted by atomic mass is 16.5. The molecule has 1 aliphatic rings. The Bertz CT molecular complexity index is 525. The number of hydrogen-bond acceptors (Lipinski definition) is 4. The topological polar surface area (TPSA) is 75.9 Å². The van der Waals surface area contributed by atoms with E-state index >= 15 is 0 Å². The fraction of sp³-hybridized carbons (Fsp3) is 0.467. The monoisotopic (exact) mass is 291 g/mol. The SMILES string of the molecule is COC(=O)N1CCN(C(=O)C(C)c2cccc(N)c2)CC1. The van der Waals surface area contributed by atoms with Crippen molar-refractivity contribution in [1.29, 1.82) is 0 Å². The van der Waals surface area contributed by atoms with Crippen LogP contribution in [0.25, 0.3) is 0 Å². The first kappa shape index (κ1) is 15.2. The van der Waals surface area contributed by atoms with Crippen LogP contribution in [0.2, 0.25) is 0 Å². The van der Waals surface area contributed by atoms with Crippen molar-refractivity contribution in [1.82, 2.24) is 9.80 Å². The van der Waals surface area contributed by atoms with E-state index in [2.05, 4.69) is 4.74 Å². The minimum absolute atomic E-state index is 0.0603. The van der Waals surface area contributed by atoms with Gasteiger partial charge < -0.3 is 20.3 Å². The van der Waals surface area contributed by atoms with Gasteiger partial charge in [-0.25, -0.2) is 4.79 Å². The van der Waals surface area contributed by atoms with E-state index in [1.54, 1.807) is 15.9 Å². The molecule has 1 heterocycles. The molecule has 0 aliphatic carbocycles. The van der Waals surface area contributed by atoms with E-state index < -0.39 is 0 Å². The van der Waals surface area contributed by atoms with Crippen molar-refractivity contribution in [3.63, 3.8) is 0 Å². The highest BCUT2D eigenvalue weighted by molar-refractivity contribution is 5.84. The predicted molar refractivity (Wildman–Crippen MR) is 79.8 cm³/mol. The quantitative estimate of drug-likeness (QED) is 0.833. The molecule has 0 bridgehead atoms. The number of amides is 2. The summed E-state index contributed by atoms with van der Waals surface area (Å²) in [6.45, 7) is 3.94. The first-order chi connectivity index (χ1) is 10.0. The van der Waals surface area contributed by atoms with Crippen LogP contribution in [0, 0.1) is 0 Å². The highest BCUT2D eigenvalue weighted by Gasteiger charge is 2.27. The van der Waals surface area contributed by atoms with Crippen LogP contribution in [-0.2, 0) is 9.53 Å². The predicted octanol–water partition coefficient (Wildman–Crippen LogP) is 1.28. The van der Waals surface area contributed by atoms with Crippen LogP contribution in [0.4, 0.5) is 10.5 Å². The van der Waals surface area contributed by atoms with Gasteiger partial charge in [-0.1, -0.05) is 12.1 Å². The van der Waals surface area contributed by atoms with E-state index in [1.165, 1.54) is 7.11 Å². The van der Waals surface area contributed by atoms with Gasteiger partial charge in [-0.2, -0.15) is 0 Å². The van der Waals surface area contributed by atoms with Crippen molar-refractivity contribution < 1.29 is 14.3 Å². The standard InChI is InChI=1S/C15H21N3O3/c1-11(12-4-3-5-13(16)10-12)14(19)17-6-8-18(9-7-17)15(20)21-2/h3-5,10-11H,6-9,16H2,1-2H3. The zero-order valence-electron chi connectivity index (χ0n) is 12.4. The maximum Gasteiger partial charge on any atom is 0.409 e. The first-order valence-electron chi connectivity index (χ1n) is 7.00. The lowest BCUT2D eigenvalue weighted by molar-refractivity contribution is -0.134. The van der Waals surface area contributed by atoms with Crippen molar-refractivity contribution in [3.8, 4) is 0 Å². The Morgan fingerprint density at radius 1 is 1.19 bits per heavy atom. The van der Waals surface area contributed by atoms with Crippen LogP contribution in [0.5, 0.6) is 0 Å². The summed E-state index contributed by atoms with van der Waals surface area (Å²) in [5.74, 6) is -0.178. The fourth-order valence-corrected chi connectivity index (χ4v) is 2.48. The van der Waals surface area contributed by atoms with E-state index in [0.29, 0.717) is 31.9 Å². The number of carbonyl (C=O) groups excluding carboxylic acids is 2. The van der Waals surface area contributed by atoms with Crippen LogP contribution >= 0.6 is 0 Å². The van der Waals surface area contributed by atoms with Crippen molar-refractivity contribution in [2.75, 3.05) is 39.0 Å². The zero-order valence-corrected chi connectivity index (χ0v) is 12.4. The zero-order chi connectivity index (χ0) is 15.4. The van der Waals surface area contributed by atoms with Gasteiger partial charge in [0, 0.05) is 31.9 Å². The second kappa shape index (κ2) is 6.47. The molecular formula is C15H21N3O3. The fourth-order valence-electron chi connectivity index (χ4n) is 2.48. The lowest BCUT2D eigenvalue weighted by Gasteiger charge is -2.35. The Labute approximate surface area is 124 Å². The van der Waals surface area contributed by atoms with Crippen LogP contribution in [-0.4, -0.2) is 55.1 Å². The largest absolute Gasteiger partial charge is 0.453 e. The molecule has 2 N–H and O–H groups in total. The minimum Gasteiger partial charge on any atom is -0.453 e. The molecule has 0 saturated carbocycles. The Hall–Kier alpha value is -2.24. The summed E-state index contributed by atoms with van der Waals surface area (Å²) in [6, 6.07) is 7.39. The van der Waals surface area contributed by atoms with Crippen LogP contribution in [0.15, 0.2) is 24.3 Å². The third-order valence-electron chi connectivity index (χ3n) is 3.81. The van der Waals surface area contributed by atoms with Gasteiger partial charge in [0.25, 0.3) is 0 Å². The number of hydrogen-bond donors (Lipinski definition) is 1. The van der Waals surface area contributed by atoms with E-state index in [4.69, 9.17) is 5.73 Å². The van der Waals surface area contributed by atoms with E-state index in [-0.39, 0.29) is 17.9 Å². The third kappa shape index (κ3) is 3.45. The molecular weight excluding hydrogens is 270 g/mol. The number of nitrogens with zero attached hydrogens (tertiary/aromatic N) is 2. The van der Waals surface area contributed by atoms with Gasteiger partial charge in [-0.15, -0.1) is 0 Å². The average molecular weight is 291 g/mol. The Morgan fingerprint density at radius 3 is 2.38 bits per heavy atom. The van der Waals surface area contributed by atoms with Crippen molar-refractivity contribution in [2.24, 2.45) is 0 Å². The summed E-state index contributed by atoms with van der Waals surface area (Å²) in [5, 5.41) is 0. The normalized spacial score (nSPS) is 16.5. The lowest BCUT2D eigenvalue weighted by atomic mass is 9.99. The molecule has 1 unspecified atom stereocenters.